The highest BCUT2D eigenvalue weighted by Gasteiger charge is 2.25. The lowest BCUT2D eigenvalue weighted by atomic mass is 10.0. The number of hydrogen-bond acceptors (Lipinski definition) is 7. The summed E-state index contributed by atoms with van der Waals surface area (Å²) in [4.78, 5) is 24.6. The van der Waals surface area contributed by atoms with E-state index in [4.69, 9.17) is 10.5 Å². The van der Waals surface area contributed by atoms with Gasteiger partial charge in [-0.3, -0.25) is 9.69 Å². The highest BCUT2D eigenvalue weighted by molar-refractivity contribution is 5.95. The minimum Gasteiger partial charge on any atom is -0.350 e. The van der Waals surface area contributed by atoms with Gasteiger partial charge < -0.3 is 10.6 Å². The predicted octanol–water partition coefficient (Wildman–Crippen LogP) is 5.76. The molecule has 8 nitrogen and oxygen atoms in total. The summed E-state index contributed by atoms with van der Waals surface area (Å²) in [6.07, 6.45) is 4.80. The Morgan fingerprint density at radius 3 is 2.67 bits per heavy atom. The standard InChI is InChI=1S/C28H35N7O/c1-5-6-24(16-30-27(36)21-8-7-20(4)26(14-21)34-29)35-10-9-25-22(17-35)15-31-28(33-25)32-23-12-18(2)11-19(3)13-23/h7-8,11-15,24,29H,5-6,9-10,16-17H2,1-4H3,(H,30,36)(H,31,32,33). The Balaban J connectivity index is 1.40. The molecule has 0 bridgehead atoms. The zero-order chi connectivity index (χ0) is 25.7. The topological polar surface area (TPSA) is 106 Å². The highest BCUT2D eigenvalue weighted by Crippen LogP contribution is 2.24. The zero-order valence-electron chi connectivity index (χ0n) is 21.6. The second-order valence-electron chi connectivity index (χ2n) is 9.65. The van der Waals surface area contributed by atoms with Crippen molar-refractivity contribution in [1.29, 1.82) is 5.53 Å². The van der Waals surface area contributed by atoms with Crippen molar-refractivity contribution in [3.05, 3.63) is 76.1 Å². The van der Waals surface area contributed by atoms with Gasteiger partial charge in [-0.15, -0.1) is 0 Å². The number of carbonyl (C=O) groups is 1. The van der Waals surface area contributed by atoms with Crippen LogP contribution in [0.25, 0.3) is 0 Å². The lowest BCUT2D eigenvalue weighted by Gasteiger charge is -2.35. The zero-order valence-corrected chi connectivity index (χ0v) is 21.6. The van der Waals surface area contributed by atoms with Gasteiger partial charge in [0.25, 0.3) is 5.91 Å². The van der Waals surface area contributed by atoms with Crippen molar-refractivity contribution < 1.29 is 4.79 Å². The van der Waals surface area contributed by atoms with E-state index in [-0.39, 0.29) is 11.9 Å². The Labute approximate surface area is 213 Å². The van der Waals surface area contributed by atoms with Gasteiger partial charge in [0.2, 0.25) is 5.95 Å². The maximum atomic E-state index is 12.8. The van der Waals surface area contributed by atoms with E-state index in [1.54, 1.807) is 12.1 Å². The van der Waals surface area contributed by atoms with E-state index >= 15 is 0 Å². The van der Waals surface area contributed by atoms with Gasteiger partial charge in [-0.25, -0.2) is 15.5 Å². The largest absolute Gasteiger partial charge is 0.350 e. The molecule has 0 radical (unpaired) electrons. The van der Waals surface area contributed by atoms with Crippen LogP contribution in [0.1, 0.15) is 58.1 Å². The first-order chi connectivity index (χ1) is 17.4. The van der Waals surface area contributed by atoms with Crippen LogP contribution in [-0.4, -0.2) is 39.9 Å². The second-order valence-corrected chi connectivity index (χ2v) is 9.65. The quantitative estimate of drug-likeness (QED) is 0.334. The molecule has 3 N–H and O–H groups in total. The Kier molecular flexibility index (Phi) is 8.05. The van der Waals surface area contributed by atoms with E-state index in [0.717, 1.165) is 54.9 Å². The smallest absolute Gasteiger partial charge is 0.251 e. The summed E-state index contributed by atoms with van der Waals surface area (Å²) >= 11 is 0. The number of aromatic nitrogens is 2. The van der Waals surface area contributed by atoms with E-state index in [2.05, 4.69) is 64.6 Å². The van der Waals surface area contributed by atoms with Gasteiger partial charge in [0.15, 0.2) is 0 Å². The van der Waals surface area contributed by atoms with Crippen molar-refractivity contribution in [3.8, 4) is 0 Å². The molecule has 1 aromatic heterocycles. The molecule has 0 aliphatic carbocycles. The third-order valence-corrected chi connectivity index (χ3v) is 6.67. The van der Waals surface area contributed by atoms with Gasteiger partial charge >= 0.3 is 0 Å². The molecule has 8 heteroatoms. The molecule has 0 saturated carbocycles. The van der Waals surface area contributed by atoms with Gasteiger partial charge in [-0.2, -0.15) is 5.11 Å². The van der Waals surface area contributed by atoms with Gasteiger partial charge in [0.05, 0.1) is 11.4 Å². The van der Waals surface area contributed by atoms with Crippen LogP contribution in [0.2, 0.25) is 0 Å². The second kappa shape index (κ2) is 11.4. The molecule has 0 spiro atoms. The molecule has 0 fully saturated rings. The van der Waals surface area contributed by atoms with Crippen LogP contribution in [0.5, 0.6) is 0 Å². The van der Waals surface area contributed by atoms with Crippen LogP contribution in [0.3, 0.4) is 0 Å². The number of rotatable bonds is 9. The Bertz CT molecular complexity index is 1240. The van der Waals surface area contributed by atoms with Gasteiger partial charge in [0, 0.05) is 55.1 Å². The molecule has 2 heterocycles. The number of amides is 1. The predicted molar refractivity (Wildman–Crippen MR) is 142 cm³/mol. The molecule has 3 aromatic rings. The average Bonchev–Trinajstić information content (AvgIpc) is 2.85. The maximum absolute atomic E-state index is 12.8. The summed E-state index contributed by atoms with van der Waals surface area (Å²) in [6, 6.07) is 11.9. The van der Waals surface area contributed by atoms with Gasteiger partial charge in [0.1, 0.15) is 0 Å². The normalized spacial score (nSPS) is 14.1. The minimum absolute atomic E-state index is 0.135. The summed E-state index contributed by atoms with van der Waals surface area (Å²) in [5, 5.41) is 9.96. The number of aryl methyl sites for hydroxylation is 3. The molecule has 4 rings (SSSR count). The van der Waals surface area contributed by atoms with Crippen LogP contribution in [-0.2, 0) is 13.0 Å². The third kappa shape index (κ3) is 6.12. The van der Waals surface area contributed by atoms with Crippen LogP contribution >= 0.6 is 0 Å². The fourth-order valence-electron chi connectivity index (χ4n) is 4.82. The molecule has 1 amide bonds. The van der Waals surface area contributed by atoms with Crippen LogP contribution in [0.15, 0.2) is 47.7 Å². The average molecular weight is 486 g/mol. The van der Waals surface area contributed by atoms with E-state index in [9.17, 15) is 4.79 Å². The van der Waals surface area contributed by atoms with Gasteiger partial charge in [-0.05, 0) is 68.1 Å². The van der Waals surface area contributed by atoms with Crippen molar-refractivity contribution in [2.45, 2.75) is 59.5 Å². The number of carbonyl (C=O) groups excluding carboxylic acids is 1. The summed E-state index contributed by atoms with van der Waals surface area (Å²) in [7, 11) is 0. The molecule has 36 heavy (non-hydrogen) atoms. The molecule has 2 aromatic carbocycles. The molecule has 1 unspecified atom stereocenters. The van der Waals surface area contributed by atoms with E-state index in [1.807, 2.05) is 19.2 Å². The SMILES string of the molecule is CCCC(CNC(=O)c1ccc(C)c(N=N)c1)N1CCc2nc(Nc3cc(C)cc(C)c3)ncc2C1. The Hall–Kier alpha value is -3.65. The molecule has 0 saturated heterocycles. The van der Waals surface area contributed by atoms with Crippen molar-refractivity contribution >= 4 is 23.2 Å². The van der Waals surface area contributed by atoms with E-state index in [0.29, 0.717) is 23.7 Å². The van der Waals surface area contributed by atoms with Crippen molar-refractivity contribution in [2.24, 2.45) is 5.11 Å². The van der Waals surface area contributed by atoms with Gasteiger partial charge in [-0.1, -0.05) is 25.5 Å². The Morgan fingerprint density at radius 1 is 1.17 bits per heavy atom. The number of anilines is 2. The summed E-state index contributed by atoms with van der Waals surface area (Å²) in [5.41, 5.74) is 14.9. The number of benzene rings is 2. The van der Waals surface area contributed by atoms with Crippen LogP contribution in [0.4, 0.5) is 17.3 Å². The molecule has 188 valence electrons. The lowest BCUT2D eigenvalue weighted by molar-refractivity contribution is 0.0923. The van der Waals surface area contributed by atoms with E-state index < -0.39 is 0 Å². The van der Waals surface area contributed by atoms with Crippen molar-refractivity contribution in [1.82, 2.24) is 20.2 Å². The number of hydrogen-bond donors (Lipinski definition) is 3. The lowest BCUT2D eigenvalue weighted by Crippen LogP contribution is -2.46. The monoisotopic (exact) mass is 485 g/mol. The molecular formula is C28H35N7O. The minimum atomic E-state index is -0.135. The summed E-state index contributed by atoms with van der Waals surface area (Å²) in [5.74, 6) is 0.491. The number of fused-ring (bicyclic) bond motifs is 1. The Morgan fingerprint density at radius 2 is 1.94 bits per heavy atom. The first kappa shape index (κ1) is 25.4. The maximum Gasteiger partial charge on any atom is 0.251 e. The van der Waals surface area contributed by atoms with Crippen LogP contribution < -0.4 is 10.6 Å². The molecule has 1 aliphatic heterocycles. The van der Waals surface area contributed by atoms with Crippen molar-refractivity contribution in [2.75, 3.05) is 18.4 Å². The summed E-state index contributed by atoms with van der Waals surface area (Å²) in [6.45, 7) is 10.4. The number of nitrogens with zero attached hydrogens (tertiary/aromatic N) is 4. The molecule has 1 aliphatic rings. The number of nitrogens with one attached hydrogen (secondary N) is 3. The molecular weight excluding hydrogens is 450 g/mol. The highest BCUT2D eigenvalue weighted by atomic mass is 16.1. The first-order valence-corrected chi connectivity index (χ1v) is 12.6. The summed E-state index contributed by atoms with van der Waals surface area (Å²) < 4.78 is 0. The van der Waals surface area contributed by atoms with Crippen molar-refractivity contribution in [3.63, 3.8) is 0 Å². The van der Waals surface area contributed by atoms with Crippen LogP contribution in [0, 0.1) is 26.3 Å². The first-order valence-electron chi connectivity index (χ1n) is 12.6. The fraction of sp³-hybridized carbons (Fsp3) is 0.393. The fourth-order valence-corrected chi connectivity index (χ4v) is 4.82. The third-order valence-electron chi connectivity index (χ3n) is 6.67. The van der Waals surface area contributed by atoms with E-state index in [1.165, 1.54) is 11.1 Å². The molecule has 1 atom stereocenters.